The van der Waals surface area contributed by atoms with Crippen molar-refractivity contribution in [3.05, 3.63) is 67.7 Å². The third-order valence-corrected chi connectivity index (χ3v) is 5.78. The van der Waals surface area contributed by atoms with Crippen molar-refractivity contribution in [1.29, 1.82) is 0 Å². The Labute approximate surface area is 165 Å². The van der Waals surface area contributed by atoms with E-state index in [1.807, 2.05) is 0 Å². The van der Waals surface area contributed by atoms with Crippen LogP contribution >= 0.6 is 34.8 Å². The van der Waals surface area contributed by atoms with Crippen molar-refractivity contribution >= 4 is 40.8 Å². The Morgan fingerprint density at radius 3 is 1.96 bits per heavy atom. The molecule has 0 amide bonds. The maximum atomic E-state index is 14.2. The molecule has 2 nitrogen and oxygen atoms in total. The average Bonchev–Trinajstić information content (AvgIpc) is 2.58. The number of carboxylic acid groups (broad SMARTS) is 1. The highest BCUT2D eigenvalue weighted by Crippen LogP contribution is 2.40. The lowest BCUT2D eigenvalue weighted by Gasteiger charge is -2.33. The van der Waals surface area contributed by atoms with Crippen LogP contribution in [-0.4, -0.2) is 11.1 Å². The van der Waals surface area contributed by atoms with Crippen molar-refractivity contribution in [2.45, 2.75) is 32.6 Å². The molecule has 0 bridgehead atoms. The number of rotatable bonds is 5. The van der Waals surface area contributed by atoms with Crippen LogP contribution in [0.2, 0.25) is 15.1 Å². The number of aliphatic carboxylic acids is 1. The third kappa shape index (κ3) is 3.83. The summed E-state index contributed by atoms with van der Waals surface area (Å²) in [4.78, 5) is 12.0. The van der Waals surface area contributed by atoms with Gasteiger partial charge in [-0.15, -0.1) is 0 Å². The first-order valence-electron chi connectivity index (χ1n) is 7.78. The summed E-state index contributed by atoms with van der Waals surface area (Å²) in [6, 6.07) is 6.75. The summed E-state index contributed by atoms with van der Waals surface area (Å²) >= 11 is 17.9. The Hall–Kier alpha value is -1.36. The smallest absolute Gasteiger partial charge is 0.307 e. The Bertz CT molecular complexity index is 820. The van der Waals surface area contributed by atoms with E-state index in [0.29, 0.717) is 5.02 Å². The second kappa shape index (κ2) is 7.71. The molecule has 140 valence electrons. The van der Waals surface area contributed by atoms with Crippen molar-refractivity contribution in [2.75, 3.05) is 0 Å². The highest BCUT2D eigenvalue weighted by molar-refractivity contribution is 6.36. The van der Waals surface area contributed by atoms with Crippen LogP contribution in [0.25, 0.3) is 0 Å². The molecule has 0 spiro atoms. The van der Waals surface area contributed by atoms with Crippen LogP contribution in [0, 0.1) is 24.5 Å². The Morgan fingerprint density at radius 2 is 1.54 bits per heavy atom. The van der Waals surface area contributed by atoms with Gasteiger partial charge in [-0.2, -0.15) is 0 Å². The summed E-state index contributed by atoms with van der Waals surface area (Å²) in [5.74, 6) is -4.02. The van der Waals surface area contributed by atoms with Gasteiger partial charge in [-0.05, 0) is 36.6 Å². The molecular formula is C19H17Cl3F2O2. The van der Waals surface area contributed by atoms with Crippen LogP contribution in [0.4, 0.5) is 8.78 Å². The summed E-state index contributed by atoms with van der Waals surface area (Å²) in [5, 5.41) is 9.57. The predicted molar refractivity (Wildman–Crippen MR) is 100 cm³/mol. The molecule has 0 aliphatic carbocycles. The molecule has 2 aromatic rings. The van der Waals surface area contributed by atoms with Crippen LogP contribution in [0.15, 0.2) is 24.3 Å². The van der Waals surface area contributed by atoms with Gasteiger partial charge in [0.05, 0.1) is 16.0 Å². The first-order chi connectivity index (χ1) is 12.0. The van der Waals surface area contributed by atoms with Crippen molar-refractivity contribution in [3.8, 4) is 0 Å². The average molecular weight is 422 g/mol. The van der Waals surface area contributed by atoms with Gasteiger partial charge in [-0.25, -0.2) is 8.78 Å². The molecule has 1 atom stereocenters. The molecule has 0 fully saturated rings. The molecule has 26 heavy (non-hydrogen) atoms. The number of benzene rings is 2. The van der Waals surface area contributed by atoms with Gasteiger partial charge in [0, 0.05) is 16.0 Å². The molecule has 0 aliphatic rings. The van der Waals surface area contributed by atoms with Gasteiger partial charge in [-0.3, -0.25) is 4.79 Å². The summed E-state index contributed by atoms with van der Waals surface area (Å²) in [7, 11) is 0. The summed E-state index contributed by atoms with van der Waals surface area (Å²) in [5.41, 5.74) is -0.508. The van der Waals surface area contributed by atoms with E-state index in [4.69, 9.17) is 34.8 Å². The minimum absolute atomic E-state index is 0.0524. The first-order valence-corrected chi connectivity index (χ1v) is 8.92. The fourth-order valence-corrected chi connectivity index (χ4v) is 3.70. The molecule has 0 aromatic heterocycles. The zero-order valence-electron chi connectivity index (χ0n) is 14.3. The van der Waals surface area contributed by atoms with Crippen molar-refractivity contribution in [2.24, 2.45) is 5.92 Å². The molecule has 0 saturated carbocycles. The predicted octanol–water partition coefficient (Wildman–Crippen LogP) is 6.45. The quantitative estimate of drug-likeness (QED) is 0.563. The van der Waals surface area contributed by atoms with Gasteiger partial charge in [0.1, 0.15) is 11.6 Å². The van der Waals surface area contributed by atoms with Crippen LogP contribution in [0.5, 0.6) is 0 Å². The highest BCUT2D eigenvalue weighted by Gasteiger charge is 2.38. The van der Waals surface area contributed by atoms with E-state index in [-0.39, 0.29) is 27.6 Å². The summed E-state index contributed by atoms with van der Waals surface area (Å²) in [6.45, 7) is 4.69. The van der Waals surface area contributed by atoms with Crippen LogP contribution in [0.1, 0.15) is 30.5 Å². The molecule has 2 aromatic carbocycles. The second-order valence-corrected chi connectivity index (χ2v) is 7.88. The molecule has 0 aliphatic heterocycles. The molecular weight excluding hydrogens is 405 g/mol. The minimum atomic E-state index is -1.13. The normalized spacial score (nSPS) is 12.9. The summed E-state index contributed by atoms with van der Waals surface area (Å²) in [6.07, 6.45) is -0.225. The molecule has 7 heteroatoms. The van der Waals surface area contributed by atoms with E-state index in [9.17, 15) is 18.7 Å². The van der Waals surface area contributed by atoms with Gasteiger partial charge >= 0.3 is 5.97 Å². The first kappa shape index (κ1) is 20.9. The Kier molecular flexibility index (Phi) is 6.21. The lowest BCUT2D eigenvalue weighted by Crippen LogP contribution is -2.36. The van der Waals surface area contributed by atoms with Crippen LogP contribution in [0.3, 0.4) is 0 Å². The maximum absolute atomic E-state index is 14.2. The van der Waals surface area contributed by atoms with Crippen molar-refractivity contribution in [1.82, 2.24) is 0 Å². The van der Waals surface area contributed by atoms with E-state index < -0.39 is 28.9 Å². The van der Waals surface area contributed by atoms with E-state index >= 15 is 0 Å². The van der Waals surface area contributed by atoms with Gasteiger partial charge in [0.2, 0.25) is 0 Å². The lowest BCUT2D eigenvalue weighted by atomic mass is 9.71. The zero-order chi connectivity index (χ0) is 19.8. The molecule has 1 N–H and O–H groups in total. The van der Waals surface area contributed by atoms with Crippen molar-refractivity contribution in [3.63, 3.8) is 0 Å². The number of hydrogen-bond donors (Lipinski definition) is 1. The van der Waals surface area contributed by atoms with E-state index in [1.54, 1.807) is 38.1 Å². The van der Waals surface area contributed by atoms with Crippen molar-refractivity contribution < 1.29 is 18.7 Å². The molecule has 0 saturated heterocycles. The number of carbonyl (C=O) groups is 1. The largest absolute Gasteiger partial charge is 0.481 e. The standard InChI is InChI=1S/C19H17Cl3F2O2/c1-9-16(23)14(21)12(15(22)17(9)24)8-13(18(25)26)19(2,3)10-4-6-11(20)7-5-10/h4-7,13H,8H2,1-3H3,(H,25,26). The van der Waals surface area contributed by atoms with E-state index in [0.717, 1.165) is 5.56 Å². The highest BCUT2D eigenvalue weighted by atomic mass is 35.5. The van der Waals surface area contributed by atoms with Gasteiger partial charge < -0.3 is 5.11 Å². The fourth-order valence-electron chi connectivity index (χ4n) is 2.90. The van der Waals surface area contributed by atoms with Gasteiger partial charge in [0.15, 0.2) is 0 Å². The number of hydrogen-bond acceptors (Lipinski definition) is 1. The van der Waals surface area contributed by atoms with Gasteiger partial charge in [0.25, 0.3) is 0 Å². The topological polar surface area (TPSA) is 37.3 Å². The summed E-state index contributed by atoms with van der Waals surface area (Å²) < 4.78 is 28.3. The minimum Gasteiger partial charge on any atom is -0.481 e. The van der Waals surface area contributed by atoms with E-state index in [2.05, 4.69) is 0 Å². The Morgan fingerprint density at radius 1 is 1.08 bits per heavy atom. The molecule has 0 radical (unpaired) electrons. The SMILES string of the molecule is Cc1c(F)c(Cl)c(CC(C(=O)O)C(C)(C)c2ccc(Cl)cc2)c(Cl)c1F. The monoisotopic (exact) mass is 420 g/mol. The number of halogens is 5. The maximum Gasteiger partial charge on any atom is 0.307 e. The molecule has 0 heterocycles. The number of carboxylic acids is 1. The van der Waals surface area contributed by atoms with Crippen LogP contribution in [-0.2, 0) is 16.6 Å². The second-order valence-electron chi connectivity index (χ2n) is 6.68. The molecule has 1 unspecified atom stereocenters. The van der Waals surface area contributed by atoms with Crippen LogP contribution < -0.4 is 0 Å². The Balaban J connectivity index is 2.54. The fraction of sp³-hybridized carbons (Fsp3) is 0.316. The molecule has 2 rings (SSSR count). The third-order valence-electron chi connectivity index (χ3n) is 4.74. The lowest BCUT2D eigenvalue weighted by molar-refractivity contribution is -0.144. The van der Waals surface area contributed by atoms with E-state index in [1.165, 1.54) is 6.92 Å². The zero-order valence-corrected chi connectivity index (χ0v) is 16.6. The van der Waals surface area contributed by atoms with Gasteiger partial charge in [-0.1, -0.05) is 60.8 Å².